The van der Waals surface area contributed by atoms with Crippen LogP contribution in [0.1, 0.15) is 41.6 Å². The van der Waals surface area contributed by atoms with E-state index in [0.29, 0.717) is 30.3 Å². The number of aromatic nitrogens is 1. The van der Waals surface area contributed by atoms with E-state index in [-0.39, 0.29) is 11.7 Å². The lowest BCUT2D eigenvalue weighted by Crippen LogP contribution is -2.22. The van der Waals surface area contributed by atoms with E-state index in [0.717, 1.165) is 18.4 Å². The van der Waals surface area contributed by atoms with Gasteiger partial charge in [-0.1, -0.05) is 24.6 Å². The van der Waals surface area contributed by atoms with Gasteiger partial charge in [0, 0.05) is 12.6 Å². The third-order valence-corrected chi connectivity index (χ3v) is 3.29. The molecule has 0 spiro atoms. The summed E-state index contributed by atoms with van der Waals surface area (Å²) in [5, 5.41) is 6.48. The van der Waals surface area contributed by atoms with Crippen molar-refractivity contribution in [1.82, 2.24) is 10.5 Å². The molecule has 6 nitrogen and oxygen atoms in total. The fourth-order valence-corrected chi connectivity index (χ4v) is 2.01. The molecule has 0 aliphatic rings. The Balaban J connectivity index is 1.96. The molecular weight excluding hydrogens is 296 g/mol. The van der Waals surface area contributed by atoms with E-state index in [1.54, 1.807) is 20.1 Å². The third-order valence-electron chi connectivity index (χ3n) is 3.29. The van der Waals surface area contributed by atoms with E-state index >= 15 is 0 Å². The summed E-state index contributed by atoms with van der Waals surface area (Å²) in [7, 11) is 1.60. The summed E-state index contributed by atoms with van der Waals surface area (Å²) in [6, 6.07) is 7.21. The van der Waals surface area contributed by atoms with Crippen LogP contribution in [0.25, 0.3) is 0 Å². The molecule has 0 radical (unpaired) electrons. The van der Waals surface area contributed by atoms with Crippen LogP contribution in [-0.2, 0) is 6.54 Å². The first-order valence-corrected chi connectivity index (χ1v) is 7.65. The Labute approximate surface area is 135 Å². The number of ether oxygens (including phenoxy) is 2. The van der Waals surface area contributed by atoms with Crippen molar-refractivity contribution in [2.24, 2.45) is 0 Å². The van der Waals surface area contributed by atoms with Crippen LogP contribution in [0.5, 0.6) is 11.5 Å². The van der Waals surface area contributed by atoms with Gasteiger partial charge in [0.15, 0.2) is 11.5 Å². The fraction of sp³-hybridized carbons (Fsp3) is 0.412. The molecule has 0 saturated heterocycles. The Kier molecular flexibility index (Phi) is 6.02. The van der Waals surface area contributed by atoms with Crippen LogP contribution in [0.2, 0.25) is 0 Å². The van der Waals surface area contributed by atoms with Crippen LogP contribution < -0.4 is 14.8 Å². The van der Waals surface area contributed by atoms with Crippen LogP contribution >= 0.6 is 0 Å². The average molecular weight is 318 g/mol. The van der Waals surface area contributed by atoms with Gasteiger partial charge >= 0.3 is 0 Å². The van der Waals surface area contributed by atoms with Crippen molar-refractivity contribution in [2.45, 2.75) is 33.2 Å². The van der Waals surface area contributed by atoms with Crippen LogP contribution in [0.3, 0.4) is 0 Å². The Morgan fingerprint density at radius 2 is 2.13 bits per heavy atom. The number of hydrogen-bond acceptors (Lipinski definition) is 5. The van der Waals surface area contributed by atoms with Crippen molar-refractivity contribution in [1.29, 1.82) is 0 Å². The summed E-state index contributed by atoms with van der Waals surface area (Å²) in [5.41, 5.74) is 1.58. The summed E-state index contributed by atoms with van der Waals surface area (Å²) in [4.78, 5) is 11.9. The number of unbranched alkanes of at least 4 members (excludes halogenated alkanes) is 1. The second-order valence-electron chi connectivity index (χ2n) is 5.20. The molecule has 2 aromatic rings. The number of methoxy groups -OCH3 is 1. The number of nitrogens with one attached hydrogen (secondary N) is 1. The quantitative estimate of drug-likeness (QED) is 0.757. The molecule has 1 heterocycles. The molecule has 1 amide bonds. The van der Waals surface area contributed by atoms with E-state index in [1.165, 1.54) is 0 Å². The molecule has 0 unspecified atom stereocenters. The van der Waals surface area contributed by atoms with Gasteiger partial charge in [-0.05, 0) is 31.0 Å². The first kappa shape index (κ1) is 16.9. The van der Waals surface area contributed by atoms with Gasteiger partial charge in [-0.3, -0.25) is 4.79 Å². The minimum atomic E-state index is -0.298. The first-order valence-electron chi connectivity index (χ1n) is 7.65. The minimum absolute atomic E-state index is 0.203. The van der Waals surface area contributed by atoms with E-state index in [2.05, 4.69) is 17.4 Å². The molecule has 124 valence electrons. The van der Waals surface area contributed by atoms with Crippen molar-refractivity contribution < 1.29 is 18.8 Å². The Morgan fingerprint density at radius 1 is 1.30 bits per heavy atom. The van der Waals surface area contributed by atoms with Crippen LogP contribution in [0.15, 0.2) is 28.8 Å². The Bertz CT molecular complexity index is 652. The zero-order valence-corrected chi connectivity index (χ0v) is 13.7. The van der Waals surface area contributed by atoms with Gasteiger partial charge in [0.1, 0.15) is 0 Å². The summed E-state index contributed by atoms with van der Waals surface area (Å²) < 4.78 is 16.0. The number of benzene rings is 1. The second-order valence-corrected chi connectivity index (χ2v) is 5.20. The highest BCUT2D eigenvalue weighted by Gasteiger charge is 2.12. The van der Waals surface area contributed by atoms with Gasteiger partial charge in [0.05, 0.1) is 19.4 Å². The van der Waals surface area contributed by atoms with Gasteiger partial charge in [0.2, 0.25) is 5.76 Å². The van der Waals surface area contributed by atoms with Crippen molar-refractivity contribution >= 4 is 5.91 Å². The van der Waals surface area contributed by atoms with E-state index in [4.69, 9.17) is 14.0 Å². The van der Waals surface area contributed by atoms with Crippen molar-refractivity contribution in [3.05, 3.63) is 41.3 Å². The zero-order valence-electron chi connectivity index (χ0n) is 13.7. The van der Waals surface area contributed by atoms with E-state index in [1.807, 2.05) is 18.2 Å². The summed E-state index contributed by atoms with van der Waals surface area (Å²) in [6.07, 6.45) is 2.07. The molecule has 0 saturated carbocycles. The van der Waals surface area contributed by atoms with Gasteiger partial charge < -0.3 is 19.3 Å². The van der Waals surface area contributed by atoms with Crippen LogP contribution in [0, 0.1) is 6.92 Å². The molecular formula is C17H22N2O4. The zero-order chi connectivity index (χ0) is 16.7. The molecule has 6 heteroatoms. The second kappa shape index (κ2) is 8.22. The van der Waals surface area contributed by atoms with Gasteiger partial charge in [0.25, 0.3) is 5.91 Å². The van der Waals surface area contributed by atoms with Crippen molar-refractivity contribution in [2.75, 3.05) is 13.7 Å². The highest BCUT2D eigenvalue weighted by molar-refractivity contribution is 5.91. The van der Waals surface area contributed by atoms with Gasteiger partial charge in [-0.2, -0.15) is 0 Å². The van der Waals surface area contributed by atoms with Gasteiger partial charge in [-0.15, -0.1) is 0 Å². The lowest BCUT2D eigenvalue weighted by atomic mass is 10.2. The monoisotopic (exact) mass is 318 g/mol. The van der Waals surface area contributed by atoms with Crippen LogP contribution in [0.4, 0.5) is 0 Å². The molecule has 0 fully saturated rings. The normalized spacial score (nSPS) is 10.4. The molecule has 0 atom stereocenters. The minimum Gasteiger partial charge on any atom is -0.493 e. The number of aryl methyl sites for hydroxylation is 1. The maximum absolute atomic E-state index is 11.9. The lowest BCUT2D eigenvalue weighted by Gasteiger charge is -2.12. The summed E-state index contributed by atoms with van der Waals surface area (Å²) >= 11 is 0. The Hall–Kier alpha value is -2.50. The maximum atomic E-state index is 11.9. The number of rotatable bonds is 8. The smallest absolute Gasteiger partial charge is 0.290 e. The molecule has 1 N–H and O–H groups in total. The summed E-state index contributed by atoms with van der Waals surface area (Å²) in [6.45, 7) is 4.91. The topological polar surface area (TPSA) is 73.6 Å². The number of amides is 1. The number of carbonyl (C=O) groups excluding carboxylic acids is 1. The molecule has 0 aliphatic carbocycles. The standard InChI is InChI=1S/C17H22N2O4/c1-4-5-8-22-14-7-6-13(10-15(14)21-3)11-18-17(20)16-9-12(2)19-23-16/h6-7,9-10H,4-5,8,11H2,1-3H3,(H,18,20). The molecule has 2 rings (SSSR count). The first-order chi connectivity index (χ1) is 11.1. The maximum Gasteiger partial charge on any atom is 0.290 e. The van der Waals surface area contributed by atoms with E-state index < -0.39 is 0 Å². The SMILES string of the molecule is CCCCOc1ccc(CNC(=O)c2cc(C)no2)cc1OC. The Morgan fingerprint density at radius 3 is 2.78 bits per heavy atom. The third kappa shape index (κ3) is 4.74. The largest absolute Gasteiger partial charge is 0.493 e. The predicted octanol–water partition coefficient (Wildman–Crippen LogP) is 3.10. The number of hydrogen-bond donors (Lipinski definition) is 1. The van der Waals surface area contributed by atoms with E-state index in [9.17, 15) is 4.79 Å². The average Bonchev–Trinajstić information content (AvgIpc) is 3.00. The molecule has 0 aliphatic heterocycles. The molecule has 23 heavy (non-hydrogen) atoms. The predicted molar refractivity (Wildman–Crippen MR) is 85.8 cm³/mol. The fourth-order valence-electron chi connectivity index (χ4n) is 2.01. The van der Waals surface area contributed by atoms with Crippen LogP contribution in [-0.4, -0.2) is 24.8 Å². The van der Waals surface area contributed by atoms with Crippen molar-refractivity contribution in [3.63, 3.8) is 0 Å². The van der Waals surface area contributed by atoms with Crippen molar-refractivity contribution in [3.8, 4) is 11.5 Å². The molecule has 0 bridgehead atoms. The number of nitrogens with zero attached hydrogens (tertiary/aromatic N) is 1. The highest BCUT2D eigenvalue weighted by atomic mass is 16.5. The van der Waals surface area contributed by atoms with Gasteiger partial charge in [-0.25, -0.2) is 0 Å². The number of carbonyl (C=O) groups is 1. The summed E-state index contributed by atoms with van der Waals surface area (Å²) in [5.74, 6) is 1.27. The molecule has 1 aromatic heterocycles. The highest BCUT2D eigenvalue weighted by Crippen LogP contribution is 2.28. The molecule has 1 aromatic carbocycles. The lowest BCUT2D eigenvalue weighted by molar-refractivity contribution is 0.0914.